The van der Waals surface area contributed by atoms with Gasteiger partial charge in [0.1, 0.15) is 0 Å². The topological polar surface area (TPSA) is 40.5 Å². The molecule has 0 saturated heterocycles. The molecule has 0 saturated carbocycles. The standard InChI is InChI=1S/C16H23NO2/c1-12(2)17(9-8-16(18)19)11-13-6-7-14-4-3-5-15(14)10-13/h6-7,10,12H,3-5,8-9,11H2,1-2H3,(H,18,19). The van der Waals surface area contributed by atoms with Crippen molar-refractivity contribution in [2.45, 2.75) is 52.1 Å². The lowest BCUT2D eigenvalue weighted by Crippen LogP contribution is -2.32. The molecule has 3 nitrogen and oxygen atoms in total. The van der Waals surface area contributed by atoms with Gasteiger partial charge in [0.2, 0.25) is 0 Å². The minimum atomic E-state index is -0.723. The predicted octanol–water partition coefficient (Wildman–Crippen LogP) is 2.86. The van der Waals surface area contributed by atoms with E-state index in [2.05, 4.69) is 36.9 Å². The number of hydrogen-bond acceptors (Lipinski definition) is 2. The average molecular weight is 261 g/mol. The van der Waals surface area contributed by atoms with Crippen molar-refractivity contribution >= 4 is 5.97 Å². The molecular weight excluding hydrogens is 238 g/mol. The van der Waals surface area contributed by atoms with E-state index in [-0.39, 0.29) is 6.42 Å². The third-order valence-corrected chi connectivity index (χ3v) is 3.89. The van der Waals surface area contributed by atoms with Gasteiger partial charge in [0.05, 0.1) is 6.42 Å². The number of fused-ring (bicyclic) bond motifs is 1. The summed E-state index contributed by atoms with van der Waals surface area (Å²) in [6, 6.07) is 7.11. The van der Waals surface area contributed by atoms with Crippen LogP contribution in [0.5, 0.6) is 0 Å². The first kappa shape index (κ1) is 14.1. The van der Waals surface area contributed by atoms with Crippen LogP contribution in [-0.2, 0) is 24.2 Å². The minimum Gasteiger partial charge on any atom is -0.481 e. The van der Waals surface area contributed by atoms with Crippen molar-refractivity contribution in [1.29, 1.82) is 0 Å². The molecule has 0 spiro atoms. The maximum atomic E-state index is 10.7. The number of carboxylic acids is 1. The summed E-state index contributed by atoms with van der Waals surface area (Å²) in [5.41, 5.74) is 4.28. The van der Waals surface area contributed by atoms with E-state index in [0.717, 1.165) is 6.54 Å². The fraction of sp³-hybridized carbons (Fsp3) is 0.562. The van der Waals surface area contributed by atoms with Crippen molar-refractivity contribution in [3.05, 3.63) is 34.9 Å². The molecule has 0 aliphatic heterocycles. The second-order valence-electron chi connectivity index (χ2n) is 5.66. The van der Waals surface area contributed by atoms with Crippen LogP contribution in [0.3, 0.4) is 0 Å². The summed E-state index contributed by atoms with van der Waals surface area (Å²) in [6.07, 6.45) is 3.89. The fourth-order valence-electron chi connectivity index (χ4n) is 2.72. The Morgan fingerprint density at radius 2 is 2.05 bits per heavy atom. The number of nitrogens with zero attached hydrogens (tertiary/aromatic N) is 1. The summed E-state index contributed by atoms with van der Waals surface area (Å²) in [5, 5.41) is 8.81. The number of aliphatic carboxylic acids is 1. The molecule has 2 rings (SSSR count). The first-order valence-electron chi connectivity index (χ1n) is 7.13. The number of rotatable bonds is 6. The first-order valence-corrected chi connectivity index (χ1v) is 7.13. The Morgan fingerprint density at radius 3 is 2.74 bits per heavy atom. The Hall–Kier alpha value is -1.35. The van der Waals surface area contributed by atoms with Crippen molar-refractivity contribution in [3.8, 4) is 0 Å². The van der Waals surface area contributed by atoms with Gasteiger partial charge in [0.25, 0.3) is 0 Å². The Balaban J connectivity index is 2.02. The molecule has 0 radical (unpaired) electrons. The fourth-order valence-corrected chi connectivity index (χ4v) is 2.72. The van der Waals surface area contributed by atoms with Crippen LogP contribution in [-0.4, -0.2) is 28.6 Å². The summed E-state index contributed by atoms with van der Waals surface area (Å²) in [7, 11) is 0. The number of carboxylic acid groups (broad SMARTS) is 1. The molecule has 0 bridgehead atoms. The SMILES string of the molecule is CC(C)N(CCC(=O)O)Cc1ccc2c(c1)CCC2. The number of benzene rings is 1. The van der Waals surface area contributed by atoms with Gasteiger partial charge in [-0.05, 0) is 49.8 Å². The van der Waals surface area contributed by atoms with Crippen LogP contribution in [0, 0.1) is 0 Å². The van der Waals surface area contributed by atoms with Crippen molar-refractivity contribution in [1.82, 2.24) is 4.90 Å². The third kappa shape index (κ3) is 3.80. The summed E-state index contributed by atoms with van der Waals surface area (Å²) in [6.45, 7) is 5.70. The van der Waals surface area contributed by atoms with Crippen molar-refractivity contribution in [2.75, 3.05) is 6.54 Å². The van der Waals surface area contributed by atoms with Crippen molar-refractivity contribution in [2.24, 2.45) is 0 Å². The lowest BCUT2D eigenvalue weighted by Gasteiger charge is -2.26. The van der Waals surface area contributed by atoms with E-state index < -0.39 is 5.97 Å². The minimum absolute atomic E-state index is 0.211. The van der Waals surface area contributed by atoms with Gasteiger partial charge in [-0.25, -0.2) is 0 Å². The number of carbonyl (C=O) groups is 1. The maximum absolute atomic E-state index is 10.7. The zero-order chi connectivity index (χ0) is 13.8. The second kappa shape index (κ2) is 6.20. The second-order valence-corrected chi connectivity index (χ2v) is 5.66. The van der Waals surface area contributed by atoms with Gasteiger partial charge < -0.3 is 5.11 Å². The van der Waals surface area contributed by atoms with Crippen LogP contribution < -0.4 is 0 Å². The van der Waals surface area contributed by atoms with E-state index in [4.69, 9.17) is 5.11 Å². The van der Waals surface area contributed by atoms with E-state index in [9.17, 15) is 4.79 Å². The average Bonchev–Trinajstić information content (AvgIpc) is 2.81. The number of hydrogen-bond donors (Lipinski definition) is 1. The highest BCUT2D eigenvalue weighted by molar-refractivity contribution is 5.66. The van der Waals surface area contributed by atoms with E-state index in [0.29, 0.717) is 12.6 Å². The molecular formula is C16H23NO2. The van der Waals surface area contributed by atoms with Crippen molar-refractivity contribution in [3.63, 3.8) is 0 Å². The van der Waals surface area contributed by atoms with Crippen LogP contribution in [0.2, 0.25) is 0 Å². The molecule has 0 atom stereocenters. The largest absolute Gasteiger partial charge is 0.481 e. The van der Waals surface area contributed by atoms with Gasteiger partial charge in [-0.15, -0.1) is 0 Å². The Bertz CT molecular complexity index is 454. The van der Waals surface area contributed by atoms with Crippen LogP contribution in [0.25, 0.3) is 0 Å². The van der Waals surface area contributed by atoms with E-state index in [1.54, 1.807) is 0 Å². The van der Waals surface area contributed by atoms with E-state index >= 15 is 0 Å². The maximum Gasteiger partial charge on any atom is 0.304 e. The molecule has 1 N–H and O–H groups in total. The van der Waals surface area contributed by atoms with E-state index in [1.807, 2.05) is 0 Å². The molecule has 1 aliphatic rings. The quantitative estimate of drug-likeness (QED) is 0.856. The van der Waals surface area contributed by atoms with Gasteiger partial charge in [0, 0.05) is 19.1 Å². The van der Waals surface area contributed by atoms with Crippen LogP contribution in [0.15, 0.2) is 18.2 Å². The van der Waals surface area contributed by atoms with Gasteiger partial charge in [-0.3, -0.25) is 9.69 Å². The van der Waals surface area contributed by atoms with Gasteiger partial charge in [0.15, 0.2) is 0 Å². The molecule has 3 heteroatoms. The van der Waals surface area contributed by atoms with Gasteiger partial charge in [-0.1, -0.05) is 18.2 Å². The van der Waals surface area contributed by atoms with Crippen molar-refractivity contribution < 1.29 is 9.90 Å². The molecule has 0 unspecified atom stereocenters. The summed E-state index contributed by atoms with van der Waals surface area (Å²) < 4.78 is 0. The van der Waals surface area contributed by atoms with Gasteiger partial charge in [-0.2, -0.15) is 0 Å². The molecule has 0 heterocycles. The Labute approximate surface area is 115 Å². The first-order chi connectivity index (χ1) is 9.06. The summed E-state index contributed by atoms with van der Waals surface area (Å²) in [5.74, 6) is -0.723. The van der Waals surface area contributed by atoms with E-state index in [1.165, 1.54) is 36.0 Å². The van der Waals surface area contributed by atoms with Crippen LogP contribution in [0.1, 0.15) is 43.4 Å². The molecule has 0 fully saturated rings. The number of aryl methyl sites for hydroxylation is 2. The molecule has 104 valence electrons. The molecule has 0 aromatic heterocycles. The Kier molecular flexibility index (Phi) is 4.59. The monoisotopic (exact) mass is 261 g/mol. The van der Waals surface area contributed by atoms with Crippen LogP contribution >= 0.6 is 0 Å². The molecule has 1 aliphatic carbocycles. The third-order valence-electron chi connectivity index (χ3n) is 3.89. The smallest absolute Gasteiger partial charge is 0.304 e. The zero-order valence-corrected chi connectivity index (χ0v) is 11.9. The normalized spacial score (nSPS) is 14.1. The molecule has 1 aromatic rings. The van der Waals surface area contributed by atoms with Gasteiger partial charge >= 0.3 is 5.97 Å². The highest BCUT2D eigenvalue weighted by Gasteiger charge is 2.14. The lowest BCUT2D eigenvalue weighted by molar-refractivity contribution is -0.137. The zero-order valence-electron chi connectivity index (χ0n) is 11.9. The summed E-state index contributed by atoms with van der Waals surface area (Å²) >= 11 is 0. The highest BCUT2D eigenvalue weighted by Crippen LogP contribution is 2.23. The predicted molar refractivity (Wildman–Crippen MR) is 76.3 cm³/mol. The highest BCUT2D eigenvalue weighted by atomic mass is 16.4. The molecule has 1 aromatic carbocycles. The lowest BCUT2D eigenvalue weighted by atomic mass is 10.1. The summed E-state index contributed by atoms with van der Waals surface area (Å²) in [4.78, 5) is 12.9. The Morgan fingerprint density at radius 1 is 1.32 bits per heavy atom. The van der Waals surface area contributed by atoms with Crippen LogP contribution in [0.4, 0.5) is 0 Å². The molecule has 0 amide bonds. The molecule has 19 heavy (non-hydrogen) atoms.